The number of rotatable bonds is 4. The highest BCUT2D eigenvalue weighted by atomic mass is 32.2. The minimum absolute atomic E-state index is 0.580. The Labute approximate surface area is 340 Å². The van der Waals surface area contributed by atoms with E-state index in [1.165, 1.54) is 32.0 Å². The van der Waals surface area contributed by atoms with E-state index in [-0.39, 0.29) is 0 Å². The van der Waals surface area contributed by atoms with Crippen LogP contribution in [0.3, 0.4) is 0 Å². The molecular formula is C52H33N5S. The maximum absolute atomic E-state index is 5.27. The monoisotopic (exact) mass is 759 g/mol. The molecule has 0 bridgehead atoms. The molecule has 4 heterocycles. The second-order valence-electron chi connectivity index (χ2n) is 14.8. The van der Waals surface area contributed by atoms with E-state index in [1.807, 2.05) is 48.2 Å². The smallest absolute Gasteiger partial charge is 0.238 e. The Morgan fingerprint density at radius 2 is 0.931 bits per heavy atom. The van der Waals surface area contributed by atoms with Gasteiger partial charge in [-0.2, -0.15) is 9.97 Å². The summed E-state index contributed by atoms with van der Waals surface area (Å²) in [5, 5.41) is 2.30. The van der Waals surface area contributed by atoms with E-state index in [2.05, 4.69) is 173 Å². The number of benzene rings is 8. The molecule has 0 unspecified atom stereocenters. The van der Waals surface area contributed by atoms with Gasteiger partial charge in [0.2, 0.25) is 5.95 Å². The predicted octanol–water partition coefficient (Wildman–Crippen LogP) is 12.9. The predicted molar refractivity (Wildman–Crippen MR) is 236 cm³/mol. The van der Waals surface area contributed by atoms with E-state index in [1.54, 1.807) is 0 Å². The summed E-state index contributed by atoms with van der Waals surface area (Å²) in [5.74, 6) is 1.84. The summed E-state index contributed by atoms with van der Waals surface area (Å²) in [6.45, 7) is 0. The van der Waals surface area contributed by atoms with Crippen LogP contribution in [0.5, 0.6) is 0 Å². The normalized spacial score (nSPS) is 13.6. The maximum atomic E-state index is 5.27. The van der Waals surface area contributed by atoms with Crippen molar-refractivity contribution in [1.82, 2.24) is 19.5 Å². The molecule has 0 radical (unpaired) electrons. The molecule has 2 aliphatic heterocycles. The Kier molecular flexibility index (Phi) is 7.31. The van der Waals surface area contributed by atoms with Crippen LogP contribution >= 0.6 is 11.8 Å². The number of fused-ring (bicyclic) bond motifs is 11. The van der Waals surface area contributed by atoms with Crippen LogP contribution in [-0.2, 0) is 5.41 Å². The second-order valence-corrected chi connectivity index (χ2v) is 15.9. The van der Waals surface area contributed by atoms with Crippen molar-refractivity contribution in [3.8, 4) is 28.7 Å². The van der Waals surface area contributed by atoms with Crippen LogP contribution in [-0.4, -0.2) is 19.5 Å². The highest BCUT2D eigenvalue weighted by Crippen LogP contribution is 2.63. The maximum Gasteiger partial charge on any atom is 0.238 e. The van der Waals surface area contributed by atoms with E-state index in [0.717, 1.165) is 50.0 Å². The summed E-state index contributed by atoms with van der Waals surface area (Å²) in [6.07, 6.45) is 0. The zero-order chi connectivity index (χ0) is 38.2. The topological polar surface area (TPSA) is 46.8 Å². The van der Waals surface area contributed by atoms with Gasteiger partial charge in [-0.1, -0.05) is 163 Å². The van der Waals surface area contributed by atoms with Crippen molar-refractivity contribution >= 4 is 50.6 Å². The molecule has 6 heteroatoms. The quantitative estimate of drug-likeness (QED) is 0.179. The number of anilines is 3. The first-order valence-electron chi connectivity index (χ1n) is 19.5. The Morgan fingerprint density at radius 3 is 1.59 bits per heavy atom. The minimum atomic E-state index is -0.630. The lowest BCUT2D eigenvalue weighted by Gasteiger charge is -2.49. The standard InChI is InChI=1S/C52H33N5S/c1-4-18-34(19-5-1)49-53-50(35-20-6-2-7-21-35)55-51(54-49)57-43-28-14-10-24-37(43)38-32-48-42(33-46(38)57)52(41-27-13-17-31-47(41)58-48)39-25-11-15-29-44(39)56(36-22-8-3-9-23-36)45-30-16-12-26-40(45)52/h1-33H. The summed E-state index contributed by atoms with van der Waals surface area (Å²) < 4.78 is 2.25. The zero-order valence-electron chi connectivity index (χ0n) is 31.2. The van der Waals surface area contributed by atoms with Crippen LogP contribution in [0.4, 0.5) is 17.1 Å². The SMILES string of the molecule is c1ccc(-c2nc(-c3ccccc3)nc(-n3c4ccccc4c4cc5c(cc43)C3(c4ccccc4S5)c4ccccc4N(c4ccccc4)c4ccccc43)n2)cc1. The first-order valence-corrected chi connectivity index (χ1v) is 20.4. The molecule has 1 spiro atoms. The lowest BCUT2D eigenvalue weighted by atomic mass is 9.62. The van der Waals surface area contributed by atoms with Crippen molar-refractivity contribution in [2.24, 2.45) is 0 Å². The van der Waals surface area contributed by atoms with Gasteiger partial charge in [0, 0.05) is 37.4 Å². The molecule has 0 saturated heterocycles. The highest BCUT2D eigenvalue weighted by Gasteiger charge is 2.50. The second kappa shape index (κ2) is 12.9. The average Bonchev–Trinajstić information content (AvgIpc) is 3.62. The van der Waals surface area contributed by atoms with Crippen molar-refractivity contribution in [2.75, 3.05) is 4.90 Å². The Hall–Kier alpha value is -7.28. The molecule has 10 aromatic rings. The first-order chi connectivity index (χ1) is 28.8. The summed E-state index contributed by atoms with van der Waals surface area (Å²) in [5.41, 5.74) is 11.8. The van der Waals surface area contributed by atoms with Gasteiger partial charge >= 0.3 is 0 Å². The fourth-order valence-electron chi connectivity index (χ4n) is 9.30. The minimum Gasteiger partial charge on any atom is -0.310 e. The van der Waals surface area contributed by atoms with Crippen LogP contribution < -0.4 is 4.90 Å². The zero-order valence-corrected chi connectivity index (χ0v) is 32.0. The van der Waals surface area contributed by atoms with Crippen molar-refractivity contribution in [1.29, 1.82) is 0 Å². The third-order valence-electron chi connectivity index (χ3n) is 11.7. The molecule has 0 atom stereocenters. The van der Waals surface area contributed by atoms with E-state index in [9.17, 15) is 0 Å². The molecule has 0 fully saturated rings. The van der Waals surface area contributed by atoms with E-state index in [4.69, 9.17) is 15.0 Å². The lowest BCUT2D eigenvalue weighted by Crippen LogP contribution is -2.39. The van der Waals surface area contributed by atoms with E-state index in [0.29, 0.717) is 17.6 Å². The van der Waals surface area contributed by atoms with Crippen LogP contribution in [0.25, 0.3) is 50.5 Å². The number of para-hydroxylation sites is 4. The number of nitrogens with zero attached hydrogens (tertiary/aromatic N) is 5. The molecular weight excluding hydrogens is 727 g/mol. The molecule has 272 valence electrons. The van der Waals surface area contributed by atoms with E-state index >= 15 is 0 Å². The van der Waals surface area contributed by atoms with Crippen LogP contribution in [0, 0.1) is 0 Å². The first kappa shape index (κ1) is 32.9. The van der Waals surface area contributed by atoms with Gasteiger partial charge in [0.05, 0.1) is 27.8 Å². The Balaban J connectivity index is 1.20. The fourth-order valence-corrected chi connectivity index (χ4v) is 10.5. The summed E-state index contributed by atoms with van der Waals surface area (Å²) >= 11 is 1.86. The van der Waals surface area contributed by atoms with Crippen LogP contribution in [0.2, 0.25) is 0 Å². The Bertz CT molecular complexity index is 3110. The van der Waals surface area contributed by atoms with Crippen molar-refractivity contribution in [3.05, 3.63) is 222 Å². The molecule has 0 N–H and O–H groups in total. The molecule has 12 rings (SSSR count). The van der Waals surface area contributed by atoms with Gasteiger partial charge in [-0.05, 0) is 70.8 Å². The van der Waals surface area contributed by atoms with Gasteiger partial charge < -0.3 is 4.90 Å². The van der Waals surface area contributed by atoms with Gasteiger partial charge in [0.25, 0.3) is 0 Å². The molecule has 0 amide bonds. The molecule has 2 aliphatic rings. The molecule has 0 saturated carbocycles. The average molecular weight is 760 g/mol. The van der Waals surface area contributed by atoms with Gasteiger partial charge in [0.1, 0.15) is 0 Å². The van der Waals surface area contributed by atoms with Gasteiger partial charge in [-0.25, -0.2) is 4.98 Å². The lowest BCUT2D eigenvalue weighted by molar-refractivity contribution is 0.693. The van der Waals surface area contributed by atoms with Crippen LogP contribution in [0.15, 0.2) is 210 Å². The van der Waals surface area contributed by atoms with Crippen LogP contribution in [0.1, 0.15) is 22.3 Å². The largest absolute Gasteiger partial charge is 0.310 e. The highest BCUT2D eigenvalue weighted by molar-refractivity contribution is 7.99. The fraction of sp³-hybridized carbons (Fsp3) is 0.0192. The molecule has 0 aliphatic carbocycles. The third-order valence-corrected chi connectivity index (χ3v) is 12.8. The van der Waals surface area contributed by atoms with Crippen molar-refractivity contribution < 1.29 is 0 Å². The summed E-state index contributed by atoms with van der Waals surface area (Å²) in [4.78, 5) is 20.5. The van der Waals surface area contributed by atoms with Gasteiger partial charge in [0.15, 0.2) is 11.6 Å². The van der Waals surface area contributed by atoms with Crippen molar-refractivity contribution in [3.63, 3.8) is 0 Å². The third kappa shape index (κ3) is 4.76. The summed E-state index contributed by atoms with van der Waals surface area (Å²) in [7, 11) is 0. The molecule has 2 aromatic heterocycles. The van der Waals surface area contributed by atoms with Gasteiger partial charge in [-0.15, -0.1) is 0 Å². The molecule has 8 aromatic carbocycles. The number of hydrogen-bond donors (Lipinski definition) is 0. The molecule has 5 nitrogen and oxygen atoms in total. The summed E-state index contributed by atoms with van der Waals surface area (Å²) in [6, 6.07) is 71.5. The van der Waals surface area contributed by atoms with Crippen molar-refractivity contribution in [2.45, 2.75) is 15.2 Å². The molecule has 58 heavy (non-hydrogen) atoms. The van der Waals surface area contributed by atoms with E-state index < -0.39 is 5.41 Å². The number of aromatic nitrogens is 4. The van der Waals surface area contributed by atoms with Gasteiger partial charge in [-0.3, -0.25) is 4.57 Å². The number of hydrogen-bond acceptors (Lipinski definition) is 5. The Morgan fingerprint density at radius 1 is 0.397 bits per heavy atom.